The van der Waals surface area contributed by atoms with E-state index < -0.39 is 0 Å². The maximum Gasteiger partial charge on any atom is 0.258 e. The number of fused-ring (bicyclic) bond motifs is 1. The van der Waals surface area contributed by atoms with Crippen LogP contribution in [0.1, 0.15) is 12.8 Å². The highest BCUT2D eigenvalue weighted by Gasteiger charge is 2.17. The van der Waals surface area contributed by atoms with Gasteiger partial charge in [-0.3, -0.25) is 9.59 Å². The van der Waals surface area contributed by atoms with Crippen molar-refractivity contribution in [2.24, 2.45) is 4.99 Å². The van der Waals surface area contributed by atoms with Crippen LogP contribution < -0.4 is 4.80 Å². The molecule has 2 amide bonds. The van der Waals surface area contributed by atoms with Crippen LogP contribution >= 0.6 is 39.0 Å². The number of benzene rings is 1. The van der Waals surface area contributed by atoms with Gasteiger partial charge in [-0.25, -0.2) is 0 Å². The third-order valence-corrected chi connectivity index (χ3v) is 6.52. The third-order valence-electron chi connectivity index (χ3n) is 4.09. The van der Waals surface area contributed by atoms with Crippen molar-refractivity contribution < 1.29 is 9.59 Å². The van der Waals surface area contributed by atoms with Gasteiger partial charge in [0.1, 0.15) is 0 Å². The molecule has 2 heterocycles. The van der Waals surface area contributed by atoms with E-state index in [1.54, 1.807) is 6.08 Å². The molecular weight excluding hydrogens is 434 g/mol. The molecule has 1 aliphatic heterocycles. The molecule has 0 N–H and O–H groups in total. The molecular formula is C18H20BrN3O2S2. The van der Waals surface area contributed by atoms with Gasteiger partial charge in [-0.15, -0.1) is 18.3 Å². The van der Waals surface area contributed by atoms with Gasteiger partial charge >= 0.3 is 0 Å². The molecule has 0 saturated carbocycles. The van der Waals surface area contributed by atoms with Gasteiger partial charge in [0.05, 0.1) is 21.7 Å². The highest BCUT2D eigenvalue weighted by molar-refractivity contribution is 9.10. The monoisotopic (exact) mass is 453 g/mol. The van der Waals surface area contributed by atoms with Crippen LogP contribution in [0.5, 0.6) is 0 Å². The Morgan fingerprint density at radius 3 is 2.81 bits per heavy atom. The van der Waals surface area contributed by atoms with E-state index in [-0.39, 0.29) is 17.6 Å². The van der Waals surface area contributed by atoms with E-state index in [1.165, 1.54) is 23.1 Å². The molecule has 8 heteroatoms. The zero-order valence-corrected chi connectivity index (χ0v) is 17.5. The van der Waals surface area contributed by atoms with E-state index in [4.69, 9.17) is 0 Å². The summed E-state index contributed by atoms with van der Waals surface area (Å²) in [7, 11) is 0. The van der Waals surface area contributed by atoms with Gasteiger partial charge < -0.3 is 9.47 Å². The minimum Gasteiger partial charge on any atom is -0.342 e. The second kappa shape index (κ2) is 9.01. The number of thiazole rings is 1. The van der Waals surface area contributed by atoms with E-state index in [2.05, 4.69) is 27.5 Å². The second-order valence-corrected chi connectivity index (χ2v) is 8.89. The average molecular weight is 454 g/mol. The summed E-state index contributed by atoms with van der Waals surface area (Å²) < 4.78 is 4.03. The number of rotatable bonds is 6. The predicted octanol–water partition coefficient (Wildman–Crippen LogP) is 3.43. The Kier molecular flexibility index (Phi) is 6.72. The van der Waals surface area contributed by atoms with E-state index in [0.29, 0.717) is 17.1 Å². The van der Waals surface area contributed by atoms with Crippen molar-refractivity contribution in [3.63, 3.8) is 0 Å². The summed E-state index contributed by atoms with van der Waals surface area (Å²) in [6.07, 6.45) is 3.95. The van der Waals surface area contributed by atoms with Gasteiger partial charge in [0.25, 0.3) is 5.91 Å². The van der Waals surface area contributed by atoms with Crippen LogP contribution in [0.2, 0.25) is 0 Å². The first kappa shape index (κ1) is 19.4. The minimum atomic E-state index is -0.215. The molecule has 1 aromatic heterocycles. The topological polar surface area (TPSA) is 54.7 Å². The summed E-state index contributed by atoms with van der Waals surface area (Å²) in [4.78, 5) is 31.1. The maximum absolute atomic E-state index is 12.3. The Balaban J connectivity index is 1.69. The third kappa shape index (κ3) is 4.66. The number of amides is 2. The molecule has 5 nitrogen and oxygen atoms in total. The number of likely N-dealkylation sites (tertiary alicyclic amines) is 1. The fourth-order valence-electron chi connectivity index (χ4n) is 2.86. The van der Waals surface area contributed by atoms with Crippen LogP contribution in [0.4, 0.5) is 0 Å². The standard InChI is InChI=1S/C18H20BrN3O2S2/c1-2-7-22-14-6-5-13(19)10-15(14)26-18(22)20-16(23)11-25-12-17(24)21-8-3-4-9-21/h2,5-6,10H,1,3-4,7-9,11-12H2. The summed E-state index contributed by atoms with van der Waals surface area (Å²) in [5, 5.41) is 0. The Bertz CT molecular complexity index is 897. The van der Waals surface area contributed by atoms with Crippen LogP contribution in [0.15, 0.2) is 40.3 Å². The summed E-state index contributed by atoms with van der Waals surface area (Å²) in [5.41, 5.74) is 1.03. The van der Waals surface area contributed by atoms with Gasteiger partial charge in [-0.2, -0.15) is 4.99 Å². The molecule has 2 aromatic rings. The number of hydrogen-bond acceptors (Lipinski definition) is 4. The SMILES string of the molecule is C=CCn1c(=NC(=O)CSCC(=O)N2CCCC2)sc2cc(Br)ccc21. The smallest absolute Gasteiger partial charge is 0.258 e. The van der Waals surface area contributed by atoms with E-state index in [1.807, 2.05) is 27.7 Å². The number of halogens is 1. The first-order valence-electron chi connectivity index (χ1n) is 8.41. The molecule has 3 rings (SSSR count). The molecule has 1 aromatic carbocycles. The van der Waals surface area contributed by atoms with Crippen molar-refractivity contribution in [3.8, 4) is 0 Å². The number of thioether (sulfide) groups is 1. The molecule has 1 aliphatic rings. The van der Waals surface area contributed by atoms with Crippen LogP contribution in [0.25, 0.3) is 10.2 Å². The van der Waals surface area contributed by atoms with Crippen LogP contribution in [-0.4, -0.2) is 45.9 Å². The molecule has 0 unspecified atom stereocenters. The molecule has 0 atom stereocenters. The second-order valence-electron chi connectivity index (χ2n) is 5.98. The number of aromatic nitrogens is 1. The lowest BCUT2D eigenvalue weighted by Crippen LogP contribution is -2.29. The van der Waals surface area contributed by atoms with Gasteiger partial charge in [0.15, 0.2) is 4.80 Å². The zero-order valence-electron chi connectivity index (χ0n) is 14.3. The van der Waals surface area contributed by atoms with Crippen LogP contribution in [0.3, 0.4) is 0 Å². The first-order valence-corrected chi connectivity index (χ1v) is 11.2. The highest BCUT2D eigenvalue weighted by Crippen LogP contribution is 2.22. The predicted molar refractivity (Wildman–Crippen MR) is 111 cm³/mol. The number of hydrogen-bond donors (Lipinski definition) is 0. The van der Waals surface area contributed by atoms with Gasteiger partial charge in [0.2, 0.25) is 5.91 Å². The fraction of sp³-hybridized carbons (Fsp3) is 0.389. The molecule has 1 saturated heterocycles. The molecule has 0 bridgehead atoms. The van der Waals surface area contributed by atoms with Crippen molar-refractivity contribution in [3.05, 3.63) is 40.1 Å². The normalized spacial score (nSPS) is 15.0. The zero-order chi connectivity index (χ0) is 18.5. The molecule has 138 valence electrons. The summed E-state index contributed by atoms with van der Waals surface area (Å²) >= 11 is 6.29. The lowest BCUT2D eigenvalue weighted by Gasteiger charge is -2.14. The number of carbonyl (C=O) groups excluding carboxylic acids is 2. The number of nitrogens with zero attached hydrogens (tertiary/aromatic N) is 3. The molecule has 0 radical (unpaired) electrons. The van der Waals surface area contributed by atoms with Crippen molar-refractivity contribution in [2.75, 3.05) is 24.6 Å². The molecule has 0 aliphatic carbocycles. The quantitative estimate of drug-likeness (QED) is 0.629. The number of carbonyl (C=O) groups is 2. The lowest BCUT2D eigenvalue weighted by atomic mass is 10.3. The summed E-state index contributed by atoms with van der Waals surface area (Å²) in [6, 6.07) is 6.00. The Morgan fingerprint density at radius 2 is 2.08 bits per heavy atom. The van der Waals surface area contributed by atoms with Crippen molar-refractivity contribution in [1.82, 2.24) is 9.47 Å². The molecule has 0 spiro atoms. The van der Waals surface area contributed by atoms with E-state index >= 15 is 0 Å². The van der Waals surface area contributed by atoms with Crippen molar-refractivity contribution in [1.29, 1.82) is 0 Å². The average Bonchev–Trinajstić information content (AvgIpc) is 3.24. The molecule has 26 heavy (non-hydrogen) atoms. The van der Waals surface area contributed by atoms with Gasteiger partial charge in [-0.1, -0.05) is 33.3 Å². The Morgan fingerprint density at radius 1 is 1.31 bits per heavy atom. The lowest BCUT2D eigenvalue weighted by molar-refractivity contribution is -0.127. The molecule has 1 fully saturated rings. The summed E-state index contributed by atoms with van der Waals surface area (Å²) in [6.45, 7) is 6.07. The van der Waals surface area contributed by atoms with Crippen LogP contribution in [-0.2, 0) is 16.1 Å². The van der Waals surface area contributed by atoms with Crippen LogP contribution in [0, 0.1) is 0 Å². The Labute approximate surface area is 168 Å². The van der Waals surface area contributed by atoms with Gasteiger partial charge in [-0.05, 0) is 31.0 Å². The maximum atomic E-state index is 12.3. The largest absolute Gasteiger partial charge is 0.342 e. The van der Waals surface area contributed by atoms with Crippen molar-refractivity contribution in [2.45, 2.75) is 19.4 Å². The van der Waals surface area contributed by atoms with E-state index in [9.17, 15) is 9.59 Å². The highest BCUT2D eigenvalue weighted by atomic mass is 79.9. The van der Waals surface area contributed by atoms with Gasteiger partial charge in [0, 0.05) is 24.1 Å². The number of allylic oxidation sites excluding steroid dienone is 1. The fourth-order valence-corrected chi connectivity index (χ4v) is 5.17. The van der Waals surface area contributed by atoms with E-state index in [0.717, 1.165) is 40.6 Å². The first-order chi connectivity index (χ1) is 12.6. The Hall–Kier alpha value is -1.38. The minimum absolute atomic E-state index is 0.119. The van der Waals surface area contributed by atoms with Crippen molar-refractivity contribution >= 4 is 61.1 Å². The summed E-state index contributed by atoms with van der Waals surface area (Å²) in [5.74, 6) is 0.459.